The highest BCUT2D eigenvalue weighted by atomic mass is 16.5. The van der Waals surface area contributed by atoms with Crippen molar-refractivity contribution in [1.29, 1.82) is 0 Å². The van der Waals surface area contributed by atoms with Crippen molar-refractivity contribution in [3.05, 3.63) is 53.6 Å². The standard InChI is InChI=1S/C18H18N2O6/c1-10(17(23)20-12-5-3-11(4-6-12)16(19)22)26-18(24)14-8-7-13(25-2)9-15(14)21/h3-10,21H,1-2H3,(H2,19,22)(H,20,23)/t10-/m1/s1. The maximum absolute atomic E-state index is 12.1. The fraction of sp³-hybridized carbons (Fsp3) is 0.167. The molecule has 8 heteroatoms. The Kier molecular flexibility index (Phi) is 5.79. The van der Waals surface area contributed by atoms with Gasteiger partial charge in [-0.05, 0) is 43.3 Å². The highest BCUT2D eigenvalue weighted by Gasteiger charge is 2.21. The maximum Gasteiger partial charge on any atom is 0.342 e. The fourth-order valence-corrected chi connectivity index (χ4v) is 2.05. The van der Waals surface area contributed by atoms with Crippen molar-refractivity contribution >= 4 is 23.5 Å². The van der Waals surface area contributed by atoms with Gasteiger partial charge >= 0.3 is 5.97 Å². The molecule has 0 unspecified atom stereocenters. The highest BCUT2D eigenvalue weighted by Crippen LogP contribution is 2.24. The molecule has 2 aromatic carbocycles. The zero-order chi connectivity index (χ0) is 19.3. The van der Waals surface area contributed by atoms with Crippen LogP contribution in [0.1, 0.15) is 27.6 Å². The number of primary amides is 1. The molecule has 2 rings (SSSR count). The summed E-state index contributed by atoms with van der Waals surface area (Å²) in [6.45, 7) is 1.39. The van der Waals surface area contributed by atoms with Crippen molar-refractivity contribution < 1.29 is 29.0 Å². The van der Waals surface area contributed by atoms with Gasteiger partial charge in [0.05, 0.1) is 7.11 Å². The summed E-state index contributed by atoms with van der Waals surface area (Å²) in [5.41, 5.74) is 5.77. The molecule has 2 amide bonds. The van der Waals surface area contributed by atoms with Crippen molar-refractivity contribution in [3.63, 3.8) is 0 Å². The van der Waals surface area contributed by atoms with Crippen molar-refractivity contribution in [2.75, 3.05) is 12.4 Å². The van der Waals surface area contributed by atoms with Gasteiger partial charge in [-0.25, -0.2) is 4.79 Å². The molecule has 0 radical (unpaired) electrons. The summed E-state index contributed by atoms with van der Waals surface area (Å²) < 4.78 is 9.99. The molecule has 0 spiro atoms. The predicted molar refractivity (Wildman–Crippen MR) is 93.1 cm³/mol. The van der Waals surface area contributed by atoms with E-state index in [1.165, 1.54) is 56.5 Å². The Hall–Kier alpha value is -3.55. The third-order valence-corrected chi connectivity index (χ3v) is 3.51. The lowest BCUT2D eigenvalue weighted by molar-refractivity contribution is -0.123. The molecule has 0 aliphatic heterocycles. The van der Waals surface area contributed by atoms with Crippen LogP contribution < -0.4 is 15.8 Å². The largest absolute Gasteiger partial charge is 0.507 e. The number of carbonyl (C=O) groups is 3. The molecule has 0 bridgehead atoms. The smallest absolute Gasteiger partial charge is 0.342 e. The van der Waals surface area contributed by atoms with E-state index in [0.29, 0.717) is 17.0 Å². The predicted octanol–water partition coefficient (Wildman–Crippen LogP) is 1.68. The number of hydrogen-bond donors (Lipinski definition) is 3. The van der Waals surface area contributed by atoms with Crippen LogP contribution in [-0.2, 0) is 9.53 Å². The second kappa shape index (κ2) is 8.02. The summed E-state index contributed by atoms with van der Waals surface area (Å²) >= 11 is 0. The first-order valence-electron chi connectivity index (χ1n) is 7.60. The van der Waals surface area contributed by atoms with Crippen molar-refractivity contribution in [2.24, 2.45) is 5.73 Å². The molecule has 0 saturated carbocycles. The molecular weight excluding hydrogens is 340 g/mol. The number of carbonyl (C=O) groups excluding carboxylic acids is 3. The SMILES string of the molecule is COc1ccc(C(=O)O[C@H](C)C(=O)Nc2ccc(C(N)=O)cc2)c(O)c1. The lowest BCUT2D eigenvalue weighted by Crippen LogP contribution is -2.30. The molecule has 2 aromatic rings. The number of aromatic hydroxyl groups is 1. The monoisotopic (exact) mass is 358 g/mol. The van der Waals surface area contributed by atoms with Gasteiger partial charge in [0.2, 0.25) is 5.91 Å². The van der Waals surface area contributed by atoms with Gasteiger partial charge in [-0.2, -0.15) is 0 Å². The molecule has 0 saturated heterocycles. The van der Waals surface area contributed by atoms with Gasteiger partial charge in [-0.15, -0.1) is 0 Å². The molecule has 0 aliphatic carbocycles. The molecular formula is C18H18N2O6. The van der Waals surface area contributed by atoms with Crippen molar-refractivity contribution in [2.45, 2.75) is 13.0 Å². The Balaban J connectivity index is 1.99. The molecule has 0 heterocycles. The molecule has 136 valence electrons. The van der Waals surface area contributed by atoms with Crippen LogP contribution in [0, 0.1) is 0 Å². The van der Waals surface area contributed by atoms with Crippen LogP contribution in [0.15, 0.2) is 42.5 Å². The van der Waals surface area contributed by atoms with E-state index < -0.39 is 23.9 Å². The lowest BCUT2D eigenvalue weighted by Gasteiger charge is -2.14. The minimum atomic E-state index is -1.11. The van der Waals surface area contributed by atoms with Gasteiger partial charge in [0.15, 0.2) is 6.10 Å². The molecule has 4 N–H and O–H groups in total. The van der Waals surface area contributed by atoms with Gasteiger partial charge in [0.25, 0.3) is 5.91 Å². The zero-order valence-corrected chi connectivity index (χ0v) is 14.2. The highest BCUT2D eigenvalue weighted by molar-refractivity contribution is 5.99. The van der Waals surface area contributed by atoms with Crippen LogP contribution in [0.4, 0.5) is 5.69 Å². The second-order valence-electron chi connectivity index (χ2n) is 5.36. The summed E-state index contributed by atoms with van der Waals surface area (Å²) in [6, 6.07) is 10.0. The zero-order valence-electron chi connectivity index (χ0n) is 14.2. The number of amides is 2. The van der Waals surface area contributed by atoms with E-state index in [4.69, 9.17) is 15.2 Å². The molecule has 0 aromatic heterocycles. The van der Waals surface area contributed by atoms with Crippen molar-refractivity contribution in [3.8, 4) is 11.5 Å². The molecule has 0 fully saturated rings. The van der Waals surface area contributed by atoms with Gasteiger partial charge in [0.1, 0.15) is 17.1 Å². The Labute approximate surface area is 149 Å². The van der Waals surface area contributed by atoms with Gasteiger partial charge < -0.3 is 25.6 Å². The van der Waals surface area contributed by atoms with Crippen LogP contribution >= 0.6 is 0 Å². The lowest BCUT2D eigenvalue weighted by atomic mass is 10.2. The van der Waals surface area contributed by atoms with E-state index in [-0.39, 0.29) is 11.3 Å². The number of phenols is 1. The number of phenolic OH excluding ortho intramolecular Hbond substituents is 1. The summed E-state index contributed by atoms with van der Waals surface area (Å²) in [4.78, 5) is 35.2. The van der Waals surface area contributed by atoms with E-state index in [9.17, 15) is 19.5 Å². The van der Waals surface area contributed by atoms with Crippen LogP contribution in [-0.4, -0.2) is 36.1 Å². The van der Waals surface area contributed by atoms with Crippen LogP contribution in [0.5, 0.6) is 11.5 Å². The van der Waals surface area contributed by atoms with E-state index in [1.807, 2.05) is 0 Å². The van der Waals surface area contributed by atoms with Crippen LogP contribution in [0.2, 0.25) is 0 Å². The number of anilines is 1. The van der Waals surface area contributed by atoms with Gasteiger partial charge in [-0.1, -0.05) is 0 Å². The van der Waals surface area contributed by atoms with Gasteiger partial charge in [0, 0.05) is 17.3 Å². The van der Waals surface area contributed by atoms with E-state index in [0.717, 1.165) is 0 Å². The third-order valence-electron chi connectivity index (χ3n) is 3.51. The Morgan fingerprint density at radius 3 is 2.31 bits per heavy atom. The molecule has 8 nitrogen and oxygen atoms in total. The first-order chi connectivity index (χ1) is 12.3. The first kappa shape index (κ1) is 18.8. The topological polar surface area (TPSA) is 128 Å². The maximum atomic E-state index is 12.1. The van der Waals surface area contributed by atoms with Gasteiger partial charge in [-0.3, -0.25) is 9.59 Å². The average Bonchev–Trinajstić information content (AvgIpc) is 2.61. The first-order valence-corrected chi connectivity index (χ1v) is 7.60. The number of esters is 1. The summed E-state index contributed by atoms with van der Waals surface area (Å²) in [6.07, 6.45) is -1.11. The molecule has 0 aliphatic rings. The summed E-state index contributed by atoms with van der Waals surface area (Å²) in [7, 11) is 1.43. The Bertz CT molecular complexity index is 832. The second-order valence-corrected chi connectivity index (χ2v) is 5.36. The summed E-state index contributed by atoms with van der Waals surface area (Å²) in [5, 5.41) is 12.4. The number of methoxy groups -OCH3 is 1. The van der Waals surface area contributed by atoms with Crippen molar-refractivity contribution in [1.82, 2.24) is 0 Å². The quantitative estimate of drug-likeness (QED) is 0.674. The number of ether oxygens (including phenoxy) is 2. The number of rotatable bonds is 6. The molecule has 26 heavy (non-hydrogen) atoms. The Morgan fingerprint density at radius 1 is 1.12 bits per heavy atom. The van der Waals surface area contributed by atoms with E-state index >= 15 is 0 Å². The van der Waals surface area contributed by atoms with E-state index in [2.05, 4.69) is 5.32 Å². The number of benzene rings is 2. The molecule has 1 atom stereocenters. The number of nitrogens with one attached hydrogen (secondary N) is 1. The van der Waals surface area contributed by atoms with Crippen LogP contribution in [0.3, 0.4) is 0 Å². The Morgan fingerprint density at radius 2 is 1.77 bits per heavy atom. The fourth-order valence-electron chi connectivity index (χ4n) is 2.05. The van der Waals surface area contributed by atoms with Crippen LogP contribution in [0.25, 0.3) is 0 Å². The van der Waals surface area contributed by atoms with E-state index in [1.54, 1.807) is 0 Å². The number of nitrogens with two attached hydrogens (primary N) is 1. The summed E-state index contributed by atoms with van der Waals surface area (Å²) in [5.74, 6) is -1.94. The normalized spacial score (nSPS) is 11.3. The minimum Gasteiger partial charge on any atom is -0.507 e. The minimum absolute atomic E-state index is 0.0868. The average molecular weight is 358 g/mol. The third kappa shape index (κ3) is 4.50. The number of hydrogen-bond acceptors (Lipinski definition) is 6.